The maximum Gasteiger partial charge on any atom is 0.254 e. The highest BCUT2D eigenvalue weighted by molar-refractivity contribution is 7.91. The van der Waals surface area contributed by atoms with Crippen LogP contribution in [0.25, 0.3) is 0 Å². The second-order valence-corrected chi connectivity index (χ2v) is 9.93. The molecule has 0 saturated heterocycles. The molecule has 0 aliphatic heterocycles. The molecule has 0 bridgehead atoms. The van der Waals surface area contributed by atoms with Crippen LogP contribution in [-0.2, 0) is 20.4 Å². The number of rotatable bonds is 7. The highest BCUT2D eigenvalue weighted by atomic mass is 32.2. The fraction of sp³-hybridized carbons (Fsp3) is 0.364. The Hall–Kier alpha value is -2.67. The van der Waals surface area contributed by atoms with Gasteiger partial charge in [-0.25, -0.2) is 8.42 Å². The van der Waals surface area contributed by atoms with Crippen LogP contribution in [0.3, 0.4) is 0 Å². The third-order valence-electron chi connectivity index (χ3n) is 4.37. The number of hydrogen-bond acceptors (Lipinski definition) is 4. The standard InChI is InChI=1S/C22H28N2O4S/c1-5-24(22(2,3)4)21(26)18-13-11-17(12-14-18)15-29(27,28)16-20(25)23-19-9-7-6-8-10-19/h6-14H,5,15-16H2,1-4H3,(H,23,25). The summed E-state index contributed by atoms with van der Waals surface area (Å²) in [6.07, 6.45) is 0. The lowest BCUT2D eigenvalue weighted by Gasteiger charge is -2.35. The molecule has 0 atom stereocenters. The molecular weight excluding hydrogens is 388 g/mol. The highest BCUT2D eigenvalue weighted by Crippen LogP contribution is 2.18. The fourth-order valence-corrected chi connectivity index (χ4v) is 4.32. The van der Waals surface area contributed by atoms with E-state index in [-0.39, 0.29) is 17.2 Å². The maximum atomic E-state index is 12.7. The van der Waals surface area contributed by atoms with Crippen molar-refractivity contribution < 1.29 is 18.0 Å². The maximum absolute atomic E-state index is 12.7. The van der Waals surface area contributed by atoms with Crippen LogP contribution in [0, 0.1) is 0 Å². The van der Waals surface area contributed by atoms with Crippen LogP contribution in [0.4, 0.5) is 5.69 Å². The van der Waals surface area contributed by atoms with E-state index in [1.54, 1.807) is 53.4 Å². The molecule has 0 spiro atoms. The van der Waals surface area contributed by atoms with Gasteiger partial charge in [-0.15, -0.1) is 0 Å². The minimum Gasteiger partial charge on any atom is -0.334 e. The molecule has 0 radical (unpaired) electrons. The molecule has 0 heterocycles. The van der Waals surface area contributed by atoms with E-state index in [4.69, 9.17) is 0 Å². The molecule has 0 aliphatic carbocycles. The molecule has 2 aromatic rings. The first-order chi connectivity index (χ1) is 13.5. The van der Waals surface area contributed by atoms with Crippen molar-refractivity contribution in [2.24, 2.45) is 0 Å². The Bertz CT molecular complexity index is 947. The van der Waals surface area contributed by atoms with Crippen LogP contribution in [0.1, 0.15) is 43.6 Å². The summed E-state index contributed by atoms with van der Waals surface area (Å²) in [4.78, 5) is 26.5. The van der Waals surface area contributed by atoms with Gasteiger partial charge in [0.15, 0.2) is 9.84 Å². The fourth-order valence-electron chi connectivity index (χ4n) is 3.05. The third kappa shape index (κ3) is 6.71. The van der Waals surface area contributed by atoms with Gasteiger partial charge in [0, 0.05) is 23.3 Å². The first kappa shape index (κ1) is 22.6. The molecule has 0 aromatic heterocycles. The zero-order chi connectivity index (χ0) is 21.7. The summed E-state index contributed by atoms with van der Waals surface area (Å²) in [7, 11) is -3.64. The quantitative estimate of drug-likeness (QED) is 0.749. The molecule has 0 aliphatic rings. The van der Waals surface area contributed by atoms with E-state index in [0.29, 0.717) is 23.4 Å². The van der Waals surface area contributed by atoms with Gasteiger partial charge in [0.1, 0.15) is 5.75 Å². The summed E-state index contributed by atoms with van der Waals surface area (Å²) >= 11 is 0. The summed E-state index contributed by atoms with van der Waals surface area (Å²) in [5.74, 6) is -1.54. The number of sulfone groups is 1. The smallest absolute Gasteiger partial charge is 0.254 e. The molecule has 7 heteroatoms. The minimum atomic E-state index is -3.64. The number of nitrogens with one attached hydrogen (secondary N) is 1. The zero-order valence-corrected chi connectivity index (χ0v) is 18.1. The lowest BCUT2D eigenvalue weighted by Crippen LogP contribution is -2.45. The van der Waals surface area contributed by atoms with Gasteiger partial charge >= 0.3 is 0 Å². The summed E-state index contributed by atoms with van der Waals surface area (Å²) < 4.78 is 24.7. The summed E-state index contributed by atoms with van der Waals surface area (Å²) in [5, 5.41) is 2.57. The first-order valence-corrected chi connectivity index (χ1v) is 11.3. The van der Waals surface area contributed by atoms with E-state index in [1.807, 2.05) is 33.8 Å². The number of carbonyl (C=O) groups excluding carboxylic acids is 2. The second kappa shape index (κ2) is 9.22. The van der Waals surface area contributed by atoms with Gasteiger partial charge in [0.05, 0.1) is 5.75 Å². The van der Waals surface area contributed by atoms with E-state index < -0.39 is 21.5 Å². The Morgan fingerprint density at radius 2 is 1.55 bits per heavy atom. The van der Waals surface area contributed by atoms with Crippen LogP contribution in [0.15, 0.2) is 54.6 Å². The molecule has 29 heavy (non-hydrogen) atoms. The van der Waals surface area contributed by atoms with E-state index in [2.05, 4.69) is 5.32 Å². The van der Waals surface area contributed by atoms with Crippen molar-refractivity contribution in [3.8, 4) is 0 Å². The Balaban J connectivity index is 2.02. The van der Waals surface area contributed by atoms with E-state index in [1.165, 1.54) is 0 Å². The van der Waals surface area contributed by atoms with Crippen molar-refractivity contribution in [1.82, 2.24) is 4.90 Å². The largest absolute Gasteiger partial charge is 0.334 e. The SMILES string of the molecule is CCN(C(=O)c1ccc(CS(=O)(=O)CC(=O)Nc2ccccc2)cc1)C(C)(C)C. The van der Waals surface area contributed by atoms with Crippen molar-refractivity contribution in [2.75, 3.05) is 17.6 Å². The van der Waals surface area contributed by atoms with Crippen LogP contribution < -0.4 is 5.32 Å². The second-order valence-electron chi connectivity index (χ2n) is 7.86. The molecule has 0 fully saturated rings. The van der Waals surface area contributed by atoms with Gasteiger partial charge in [-0.05, 0) is 57.5 Å². The number of para-hydroxylation sites is 1. The molecule has 1 N–H and O–H groups in total. The average Bonchev–Trinajstić information content (AvgIpc) is 2.61. The number of anilines is 1. The predicted molar refractivity (Wildman–Crippen MR) is 115 cm³/mol. The van der Waals surface area contributed by atoms with Crippen LogP contribution in [0.5, 0.6) is 0 Å². The summed E-state index contributed by atoms with van der Waals surface area (Å²) in [5.41, 5.74) is 1.28. The topological polar surface area (TPSA) is 83.6 Å². The number of nitrogens with zero attached hydrogens (tertiary/aromatic N) is 1. The molecule has 2 amide bonds. The van der Waals surface area contributed by atoms with Crippen molar-refractivity contribution in [3.63, 3.8) is 0 Å². The zero-order valence-electron chi connectivity index (χ0n) is 17.3. The number of benzene rings is 2. The number of hydrogen-bond donors (Lipinski definition) is 1. The Morgan fingerprint density at radius 3 is 2.07 bits per heavy atom. The minimum absolute atomic E-state index is 0.100. The molecule has 6 nitrogen and oxygen atoms in total. The van der Waals surface area contributed by atoms with Crippen molar-refractivity contribution in [1.29, 1.82) is 0 Å². The van der Waals surface area contributed by atoms with E-state index in [0.717, 1.165) is 0 Å². The van der Waals surface area contributed by atoms with Gasteiger partial charge < -0.3 is 10.2 Å². The first-order valence-electron chi connectivity index (χ1n) is 9.48. The Morgan fingerprint density at radius 1 is 0.966 bits per heavy atom. The predicted octanol–water partition coefficient (Wildman–Crippen LogP) is 3.50. The van der Waals surface area contributed by atoms with Gasteiger partial charge in [-0.2, -0.15) is 0 Å². The molecule has 0 saturated carbocycles. The number of amides is 2. The lowest BCUT2D eigenvalue weighted by atomic mass is 10.0. The van der Waals surface area contributed by atoms with E-state index >= 15 is 0 Å². The summed E-state index contributed by atoms with van der Waals surface area (Å²) in [6.45, 7) is 8.40. The van der Waals surface area contributed by atoms with Gasteiger partial charge in [0.2, 0.25) is 5.91 Å². The van der Waals surface area contributed by atoms with Crippen LogP contribution in [0.2, 0.25) is 0 Å². The van der Waals surface area contributed by atoms with Gasteiger partial charge in [-0.1, -0.05) is 30.3 Å². The molecule has 156 valence electrons. The Kier molecular flexibility index (Phi) is 7.19. The van der Waals surface area contributed by atoms with Gasteiger partial charge in [0.25, 0.3) is 5.91 Å². The molecule has 0 unspecified atom stereocenters. The summed E-state index contributed by atoms with van der Waals surface area (Å²) in [6, 6.07) is 15.2. The van der Waals surface area contributed by atoms with Gasteiger partial charge in [-0.3, -0.25) is 9.59 Å². The molecule has 2 aromatic carbocycles. The molecule has 2 rings (SSSR count). The van der Waals surface area contributed by atoms with E-state index in [9.17, 15) is 18.0 Å². The Labute approximate surface area is 172 Å². The third-order valence-corrected chi connectivity index (χ3v) is 5.84. The van der Waals surface area contributed by atoms with Crippen molar-refractivity contribution in [2.45, 2.75) is 39.0 Å². The van der Waals surface area contributed by atoms with Crippen molar-refractivity contribution in [3.05, 3.63) is 65.7 Å². The highest BCUT2D eigenvalue weighted by Gasteiger charge is 2.26. The average molecular weight is 417 g/mol. The van der Waals surface area contributed by atoms with Crippen LogP contribution in [-0.4, -0.2) is 43.0 Å². The normalized spacial score (nSPS) is 11.7. The van der Waals surface area contributed by atoms with Crippen LogP contribution >= 0.6 is 0 Å². The molecular formula is C22H28N2O4S. The monoisotopic (exact) mass is 416 g/mol. The lowest BCUT2D eigenvalue weighted by molar-refractivity contribution is -0.113. The number of carbonyl (C=O) groups is 2. The van der Waals surface area contributed by atoms with Crippen molar-refractivity contribution >= 4 is 27.3 Å².